The standard InChI is InChI=1S/C19H28N2O4/c1-5-21(6-2)17(22)9-10-20-18(23)19(3,4)14-7-8-15-16(13-14)25-12-11-24-15/h7-8,13H,5-6,9-12H2,1-4H3,(H,20,23). The quantitative estimate of drug-likeness (QED) is 0.819. The molecule has 0 unspecified atom stereocenters. The Kier molecular flexibility index (Phi) is 6.28. The van der Waals surface area contributed by atoms with Crippen LogP contribution < -0.4 is 14.8 Å². The van der Waals surface area contributed by atoms with E-state index < -0.39 is 5.41 Å². The van der Waals surface area contributed by atoms with Crippen LogP contribution in [0.2, 0.25) is 0 Å². The van der Waals surface area contributed by atoms with Gasteiger partial charge in [0.25, 0.3) is 0 Å². The first-order chi connectivity index (χ1) is 11.9. The van der Waals surface area contributed by atoms with Crippen molar-refractivity contribution in [1.82, 2.24) is 10.2 Å². The average Bonchev–Trinajstić information content (AvgIpc) is 2.62. The monoisotopic (exact) mass is 348 g/mol. The average molecular weight is 348 g/mol. The number of rotatable bonds is 7. The molecule has 0 aliphatic carbocycles. The largest absolute Gasteiger partial charge is 0.486 e. The van der Waals surface area contributed by atoms with Crippen molar-refractivity contribution in [1.29, 1.82) is 0 Å². The molecule has 1 aliphatic heterocycles. The summed E-state index contributed by atoms with van der Waals surface area (Å²) in [7, 11) is 0. The second-order valence-corrected chi connectivity index (χ2v) is 6.56. The molecule has 1 aromatic rings. The molecule has 2 amide bonds. The Bertz CT molecular complexity index is 624. The van der Waals surface area contributed by atoms with Crippen molar-refractivity contribution in [2.45, 2.75) is 39.5 Å². The van der Waals surface area contributed by atoms with Crippen molar-refractivity contribution in [3.05, 3.63) is 23.8 Å². The maximum absolute atomic E-state index is 12.6. The molecule has 138 valence electrons. The number of benzene rings is 1. The molecule has 6 heteroatoms. The van der Waals surface area contributed by atoms with Crippen LogP contribution in [0.3, 0.4) is 0 Å². The summed E-state index contributed by atoms with van der Waals surface area (Å²) < 4.78 is 11.1. The molecule has 0 saturated heterocycles. The Morgan fingerprint density at radius 2 is 1.76 bits per heavy atom. The molecule has 1 aromatic carbocycles. The number of hydrogen-bond donors (Lipinski definition) is 1. The highest BCUT2D eigenvalue weighted by Crippen LogP contribution is 2.35. The molecule has 0 saturated carbocycles. The zero-order valence-electron chi connectivity index (χ0n) is 15.6. The van der Waals surface area contributed by atoms with Crippen LogP contribution in [0.1, 0.15) is 39.7 Å². The minimum Gasteiger partial charge on any atom is -0.486 e. The maximum atomic E-state index is 12.6. The summed E-state index contributed by atoms with van der Waals surface area (Å²) in [6.45, 7) is 10.4. The molecule has 0 atom stereocenters. The Balaban J connectivity index is 1.97. The summed E-state index contributed by atoms with van der Waals surface area (Å²) >= 11 is 0. The van der Waals surface area contributed by atoms with E-state index in [1.54, 1.807) is 4.90 Å². The van der Waals surface area contributed by atoms with Gasteiger partial charge in [-0.15, -0.1) is 0 Å². The Labute approximate surface area is 149 Å². The van der Waals surface area contributed by atoms with Crippen molar-refractivity contribution in [3.8, 4) is 11.5 Å². The van der Waals surface area contributed by atoms with Crippen molar-refractivity contribution in [2.24, 2.45) is 0 Å². The van der Waals surface area contributed by atoms with Gasteiger partial charge in [0.15, 0.2) is 11.5 Å². The van der Waals surface area contributed by atoms with Gasteiger partial charge in [-0.1, -0.05) is 6.07 Å². The fourth-order valence-electron chi connectivity index (χ4n) is 2.80. The van der Waals surface area contributed by atoms with Crippen LogP contribution in [0.5, 0.6) is 11.5 Å². The summed E-state index contributed by atoms with van der Waals surface area (Å²) in [5.74, 6) is 1.32. The van der Waals surface area contributed by atoms with Gasteiger partial charge in [0.05, 0.1) is 5.41 Å². The highest BCUT2D eigenvalue weighted by Gasteiger charge is 2.31. The molecule has 0 radical (unpaired) electrons. The van der Waals surface area contributed by atoms with Crippen LogP contribution in [-0.4, -0.2) is 49.6 Å². The van der Waals surface area contributed by atoms with E-state index in [9.17, 15) is 9.59 Å². The molecule has 1 heterocycles. The van der Waals surface area contributed by atoms with Crippen LogP contribution in [0, 0.1) is 0 Å². The molecule has 0 fully saturated rings. The topological polar surface area (TPSA) is 67.9 Å². The molecule has 1 aliphatic rings. The lowest BCUT2D eigenvalue weighted by Crippen LogP contribution is -2.42. The Hall–Kier alpha value is -2.24. The normalized spacial score (nSPS) is 13.3. The van der Waals surface area contributed by atoms with Crippen LogP contribution in [0.25, 0.3) is 0 Å². The number of nitrogens with one attached hydrogen (secondary N) is 1. The number of amides is 2. The second-order valence-electron chi connectivity index (χ2n) is 6.56. The summed E-state index contributed by atoms with van der Waals surface area (Å²) in [4.78, 5) is 26.4. The molecule has 0 bridgehead atoms. The van der Waals surface area contributed by atoms with E-state index in [1.165, 1.54) is 0 Å². The SMILES string of the molecule is CCN(CC)C(=O)CCNC(=O)C(C)(C)c1ccc2c(c1)OCCO2. The molecule has 25 heavy (non-hydrogen) atoms. The van der Waals surface area contributed by atoms with Gasteiger partial charge in [-0.3, -0.25) is 9.59 Å². The van der Waals surface area contributed by atoms with Gasteiger partial charge in [0.2, 0.25) is 11.8 Å². The third-order valence-corrected chi connectivity index (χ3v) is 4.57. The van der Waals surface area contributed by atoms with Crippen molar-refractivity contribution in [2.75, 3.05) is 32.8 Å². The van der Waals surface area contributed by atoms with E-state index in [0.717, 1.165) is 5.56 Å². The van der Waals surface area contributed by atoms with Crippen LogP contribution in [0.15, 0.2) is 18.2 Å². The van der Waals surface area contributed by atoms with Gasteiger partial charge in [-0.2, -0.15) is 0 Å². The molecular weight excluding hydrogens is 320 g/mol. The predicted molar refractivity (Wildman–Crippen MR) is 96.0 cm³/mol. The van der Waals surface area contributed by atoms with Crippen LogP contribution in [-0.2, 0) is 15.0 Å². The van der Waals surface area contributed by atoms with E-state index in [-0.39, 0.29) is 11.8 Å². The maximum Gasteiger partial charge on any atom is 0.230 e. The van der Waals surface area contributed by atoms with E-state index in [1.807, 2.05) is 45.9 Å². The zero-order chi connectivity index (χ0) is 18.4. The van der Waals surface area contributed by atoms with E-state index in [0.29, 0.717) is 50.8 Å². The van der Waals surface area contributed by atoms with Crippen LogP contribution >= 0.6 is 0 Å². The number of nitrogens with zero attached hydrogens (tertiary/aromatic N) is 1. The molecular formula is C19H28N2O4. The summed E-state index contributed by atoms with van der Waals surface area (Å²) in [5.41, 5.74) is 0.123. The van der Waals surface area contributed by atoms with Crippen molar-refractivity contribution < 1.29 is 19.1 Å². The fraction of sp³-hybridized carbons (Fsp3) is 0.579. The van der Waals surface area contributed by atoms with Gasteiger partial charge in [0.1, 0.15) is 13.2 Å². The van der Waals surface area contributed by atoms with Crippen LogP contribution in [0.4, 0.5) is 0 Å². The van der Waals surface area contributed by atoms with Gasteiger partial charge >= 0.3 is 0 Å². The summed E-state index contributed by atoms with van der Waals surface area (Å²) in [6.07, 6.45) is 0.310. The zero-order valence-corrected chi connectivity index (χ0v) is 15.6. The van der Waals surface area contributed by atoms with E-state index >= 15 is 0 Å². The Morgan fingerprint density at radius 3 is 2.40 bits per heavy atom. The first-order valence-electron chi connectivity index (χ1n) is 8.86. The number of carbonyl (C=O) groups excluding carboxylic acids is 2. The number of fused-ring (bicyclic) bond motifs is 1. The van der Waals surface area contributed by atoms with Gasteiger partial charge in [0, 0.05) is 26.1 Å². The summed E-state index contributed by atoms with van der Waals surface area (Å²) in [6, 6.07) is 5.58. The molecule has 1 N–H and O–H groups in total. The lowest BCUT2D eigenvalue weighted by molar-refractivity contribution is -0.131. The summed E-state index contributed by atoms with van der Waals surface area (Å²) in [5, 5.41) is 2.88. The van der Waals surface area contributed by atoms with Crippen molar-refractivity contribution >= 4 is 11.8 Å². The minimum absolute atomic E-state index is 0.0578. The number of carbonyl (C=O) groups is 2. The van der Waals surface area contributed by atoms with Crippen molar-refractivity contribution in [3.63, 3.8) is 0 Å². The third-order valence-electron chi connectivity index (χ3n) is 4.57. The first-order valence-corrected chi connectivity index (χ1v) is 8.86. The van der Waals surface area contributed by atoms with Gasteiger partial charge in [-0.25, -0.2) is 0 Å². The highest BCUT2D eigenvalue weighted by molar-refractivity contribution is 5.88. The highest BCUT2D eigenvalue weighted by atomic mass is 16.6. The lowest BCUT2D eigenvalue weighted by Gasteiger charge is -2.27. The van der Waals surface area contributed by atoms with Gasteiger partial charge < -0.3 is 19.7 Å². The smallest absolute Gasteiger partial charge is 0.230 e. The third kappa shape index (κ3) is 4.44. The second kappa shape index (κ2) is 8.23. The Morgan fingerprint density at radius 1 is 1.12 bits per heavy atom. The lowest BCUT2D eigenvalue weighted by atomic mass is 9.83. The predicted octanol–water partition coefficient (Wildman–Crippen LogP) is 2.11. The molecule has 2 rings (SSSR count). The molecule has 0 aromatic heterocycles. The minimum atomic E-state index is -0.728. The number of hydrogen-bond acceptors (Lipinski definition) is 4. The first kappa shape index (κ1) is 19.1. The van der Waals surface area contributed by atoms with E-state index in [4.69, 9.17) is 9.47 Å². The molecule has 0 spiro atoms. The van der Waals surface area contributed by atoms with E-state index in [2.05, 4.69) is 5.32 Å². The number of ether oxygens (including phenoxy) is 2. The molecule has 6 nitrogen and oxygen atoms in total. The van der Waals surface area contributed by atoms with Gasteiger partial charge in [-0.05, 0) is 45.4 Å². The fourth-order valence-corrected chi connectivity index (χ4v) is 2.80.